The molecule has 48 heavy (non-hydrogen) atoms. The number of benzene rings is 4. The zero-order chi connectivity index (χ0) is 33.6. The first-order chi connectivity index (χ1) is 22.8. The molecule has 4 aromatic rings. The first-order valence-electron chi connectivity index (χ1n) is 15.5. The van der Waals surface area contributed by atoms with Gasteiger partial charge >= 0.3 is 21.7 Å². The summed E-state index contributed by atoms with van der Waals surface area (Å²) in [5, 5.41) is 25.2. The molecule has 0 aromatic heterocycles. The van der Waals surface area contributed by atoms with Gasteiger partial charge in [0.15, 0.2) is 12.6 Å². The molecule has 2 aliphatic rings. The fourth-order valence-corrected chi connectivity index (χ4v) is 5.63. The molecule has 7 heteroatoms. The monoisotopic (exact) mass is 680 g/mol. The normalized spacial score (nSPS) is 18.5. The van der Waals surface area contributed by atoms with Crippen molar-refractivity contribution in [2.75, 3.05) is 13.9 Å². The molecule has 0 amide bonds. The van der Waals surface area contributed by atoms with Crippen molar-refractivity contribution in [3.05, 3.63) is 195 Å². The molecule has 0 bridgehead atoms. The van der Waals surface area contributed by atoms with Crippen LogP contribution in [0.3, 0.4) is 0 Å². The van der Waals surface area contributed by atoms with E-state index in [4.69, 9.17) is 9.47 Å². The van der Waals surface area contributed by atoms with E-state index < -0.39 is 29.2 Å². The van der Waals surface area contributed by atoms with E-state index in [9.17, 15) is 10.2 Å². The molecule has 2 N–H and O–H groups in total. The molecule has 0 spiro atoms. The van der Waals surface area contributed by atoms with Crippen molar-refractivity contribution < 1.29 is 50.9 Å². The fourth-order valence-electron chi connectivity index (χ4n) is 5.63. The number of aliphatic hydroxyl groups is 2. The Kier molecular flexibility index (Phi) is 15.6. The number of rotatable bonds is 9. The Morgan fingerprint density at radius 1 is 0.625 bits per heavy atom. The van der Waals surface area contributed by atoms with Gasteiger partial charge in [0.1, 0.15) is 23.4 Å². The molecule has 2 fully saturated rings. The van der Waals surface area contributed by atoms with Gasteiger partial charge in [-0.2, -0.15) is 6.08 Å². The first kappa shape index (κ1) is 39.2. The maximum atomic E-state index is 12.6. The number of hydrogen-bond acceptors (Lipinski definition) is 6. The third-order valence-electron chi connectivity index (χ3n) is 7.71. The van der Waals surface area contributed by atoms with Gasteiger partial charge in [0, 0.05) is 7.11 Å². The average Bonchev–Trinajstić information content (AvgIpc) is 3.82. The number of methoxy groups -OCH3 is 1. The molecule has 1 saturated heterocycles. The summed E-state index contributed by atoms with van der Waals surface area (Å²) < 4.78 is 22.2. The first-order valence-corrected chi connectivity index (χ1v) is 15.5. The van der Waals surface area contributed by atoms with E-state index in [2.05, 4.69) is 16.4 Å². The largest absolute Gasteiger partial charge is 2.00 e. The molecule has 1 aliphatic carbocycles. The minimum atomic E-state index is -1.60. The topological polar surface area (TPSA) is 77.4 Å². The van der Waals surface area contributed by atoms with Crippen molar-refractivity contribution in [2.24, 2.45) is 0 Å². The summed E-state index contributed by atoms with van der Waals surface area (Å²) in [7, 11) is 1.57. The summed E-state index contributed by atoms with van der Waals surface area (Å²) in [4.78, 5) is 0. The van der Waals surface area contributed by atoms with Crippen LogP contribution in [0, 0.1) is 39.0 Å². The summed E-state index contributed by atoms with van der Waals surface area (Å²) in [5.74, 6) is -1.05. The van der Waals surface area contributed by atoms with Crippen LogP contribution in [0.15, 0.2) is 134 Å². The van der Waals surface area contributed by atoms with Gasteiger partial charge < -0.3 is 29.2 Å². The van der Waals surface area contributed by atoms with Crippen LogP contribution in [0.4, 0.5) is 0 Å². The van der Waals surface area contributed by atoms with E-state index in [0.29, 0.717) is 29.0 Å². The molecule has 1 saturated carbocycles. The standard InChI is InChI=1S/C31H30O4.C5H9O2.C5H5.Ti/c1-29(2)34-27(30(32,23-15-7-3-8-16-23)24-17-9-4-10-18-24)28(35-29)31(33,25-19-11-5-12-20-25)26-21-13-6-14-22-26;1-3-4-7-5-6-2;1-2-4-5-3-1;/h3-22,27-28,32-33H,1-2H3;3-4H,1,5H2,2H3;1-5H;/q;-1;;+2/b;4-3+;;/t27-,28-;;;/m1.../s1. The quantitative estimate of drug-likeness (QED) is 0.0633. The van der Waals surface area contributed by atoms with E-state index in [-0.39, 0.29) is 21.7 Å². The molecular formula is C41H44O6Ti+. The van der Waals surface area contributed by atoms with Crippen LogP contribution in [-0.4, -0.2) is 42.1 Å². The van der Waals surface area contributed by atoms with Gasteiger partial charge in [-0.25, -0.2) is 6.92 Å². The fraction of sp³-hybridized carbons (Fsp3) is 0.220. The molecule has 2 atom stereocenters. The number of allylic oxidation sites excluding steroid dienone is 1. The van der Waals surface area contributed by atoms with Crippen molar-refractivity contribution in [1.29, 1.82) is 0 Å². The number of hydrogen-bond donors (Lipinski definition) is 2. The third-order valence-corrected chi connectivity index (χ3v) is 7.71. The van der Waals surface area contributed by atoms with Crippen LogP contribution < -0.4 is 0 Å². The maximum Gasteiger partial charge on any atom is 2.00 e. The minimum absolute atomic E-state index is 0. The second-order valence-corrected chi connectivity index (χ2v) is 11.4. The Hall–Kier alpha value is -3.20. The van der Waals surface area contributed by atoms with Gasteiger partial charge in [-0.1, -0.05) is 128 Å². The Morgan fingerprint density at radius 2 is 0.917 bits per heavy atom. The van der Waals surface area contributed by atoms with Crippen LogP contribution >= 0.6 is 0 Å². The summed E-state index contributed by atoms with van der Waals surface area (Å²) >= 11 is 0. The van der Waals surface area contributed by atoms with Crippen molar-refractivity contribution in [3.63, 3.8) is 0 Å². The molecular weight excluding hydrogens is 636 g/mol. The van der Waals surface area contributed by atoms with Crippen molar-refractivity contribution >= 4 is 0 Å². The molecule has 4 aromatic carbocycles. The van der Waals surface area contributed by atoms with Gasteiger partial charge in [0.05, 0.1) is 0 Å². The Labute approximate surface area is 301 Å². The number of ether oxygens (including phenoxy) is 4. The van der Waals surface area contributed by atoms with E-state index in [0.717, 1.165) is 0 Å². The van der Waals surface area contributed by atoms with E-state index in [1.807, 2.05) is 167 Å². The Morgan fingerprint density at radius 3 is 1.17 bits per heavy atom. The van der Waals surface area contributed by atoms with Crippen molar-refractivity contribution in [1.82, 2.24) is 0 Å². The second-order valence-electron chi connectivity index (χ2n) is 11.4. The van der Waals surface area contributed by atoms with Crippen molar-refractivity contribution in [2.45, 2.75) is 43.0 Å². The SMILES string of the molecule is CC1(C)O[C@@H](C(O)(c2ccccc2)c2ccccc2)[C@H](C(O)(c2ccccc2)c2ccccc2)O1.[CH2-]/C=C/OCOC.[CH]1[CH][CH][CH][CH]1.[Ti+2]. The summed E-state index contributed by atoms with van der Waals surface area (Å²) in [6.45, 7) is 7.32. The van der Waals surface area contributed by atoms with Crippen LogP contribution in [0.2, 0.25) is 0 Å². The second kappa shape index (κ2) is 19.1. The van der Waals surface area contributed by atoms with Gasteiger partial charge in [-0.05, 0) is 68.2 Å². The van der Waals surface area contributed by atoms with Crippen LogP contribution in [0.25, 0.3) is 0 Å². The average molecular weight is 681 g/mol. The zero-order valence-corrected chi connectivity index (χ0v) is 29.2. The Balaban J connectivity index is 0.000000408. The van der Waals surface area contributed by atoms with E-state index in [1.54, 1.807) is 13.2 Å². The minimum Gasteiger partial charge on any atom is -0.565 e. The van der Waals surface area contributed by atoms with Crippen molar-refractivity contribution in [3.8, 4) is 0 Å². The van der Waals surface area contributed by atoms with E-state index >= 15 is 0 Å². The van der Waals surface area contributed by atoms with Crippen LogP contribution in [0.5, 0.6) is 0 Å². The molecule has 6 nitrogen and oxygen atoms in total. The van der Waals surface area contributed by atoms with Gasteiger partial charge in [0.2, 0.25) is 0 Å². The third kappa shape index (κ3) is 9.70. The molecule has 6 rings (SSSR count). The van der Waals surface area contributed by atoms with Gasteiger partial charge in [-0.15, -0.1) is 0 Å². The molecule has 1 heterocycles. The Bertz CT molecular complexity index is 1270. The predicted molar refractivity (Wildman–Crippen MR) is 185 cm³/mol. The smallest absolute Gasteiger partial charge is 0.565 e. The van der Waals surface area contributed by atoms with Crippen LogP contribution in [-0.2, 0) is 51.9 Å². The molecule has 0 unspecified atom stereocenters. The van der Waals surface area contributed by atoms with Crippen LogP contribution in [0.1, 0.15) is 36.1 Å². The van der Waals surface area contributed by atoms with Gasteiger partial charge in [-0.3, -0.25) is 0 Å². The van der Waals surface area contributed by atoms with E-state index in [1.165, 1.54) is 6.26 Å². The zero-order valence-electron chi connectivity index (χ0n) is 27.7. The predicted octanol–water partition coefficient (Wildman–Crippen LogP) is 7.35. The summed E-state index contributed by atoms with van der Waals surface area (Å²) in [6.07, 6.45) is 11.2. The summed E-state index contributed by atoms with van der Waals surface area (Å²) in [5.41, 5.74) is -0.564. The summed E-state index contributed by atoms with van der Waals surface area (Å²) in [6, 6.07) is 37.8. The van der Waals surface area contributed by atoms with Gasteiger partial charge in [0.25, 0.3) is 0 Å². The molecule has 5 radical (unpaired) electrons. The molecule has 1 aliphatic heterocycles. The maximum absolute atomic E-state index is 12.6. The molecule has 247 valence electrons.